The molecule has 2 heterocycles. The Labute approximate surface area is 169 Å². The Morgan fingerprint density at radius 1 is 0.966 bits per heavy atom. The number of benzene rings is 2. The summed E-state index contributed by atoms with van der Waals surface area (Å²) in [6.45, 7) is 0.505. The topological polar surface area (TPSA) is 108 Å². The summed E-state index contributed by atoms with van der Waals surface area (Å²) in [7, 11) is -2.06. The number of anilines is 1. The lowest BCUT2D eigenvalue weighted by Crippen LogP contribution is -2.36. The average molecular weight is 412 g/mol. The van der Waals surface area contributed by atoms with E-state index in [4.69, 9.17) is 15.2 Å². The molecule has 0 saturated carbocycles. The van der Waals surface area contributed by atoms with Crippen molar-refractivity contribution in [3.8, 4) is 17.2 Å². The molecule has 0 amide bonds. The maximum Gasteiger partial charge on any atom is 0.243 e. The van der Waals surface area contributed by atoms with Crippen LogP contribution in [0, 0.1) is 0 Å². The summed E-state index contributed by atoms with van der Waals surface area (Å²) < 4.78 is 38.3. The molecule has 0 aliphatic carbocycles. The van der Waals surface area contributed by atoms with Crippen molar-refractivity contribution >= 4 is 15.8 Å². The van der Waals surface area contributed by atoms with Gasteiger partial charge in [-0.25, -0.2) is 18.4 Å². The van der Waals surface area contributed by atoms with Gasteiger partial charge >= 0.3 is 0 Å². The molecule has 0 spiro atoms. The van der Waals surface area contributed by atoms with Crippen molar-refractivity contribution in [1.29, 1.82) is 0 Å². The lowest BCUT2D eigenvalue weighted by atomic mass is 10.1. The van der Waals surface area contributed by atoms with Crippen LogP contribution in [0.4, 0.5) is 5.82 Å². The first-order chi connectivity index (χ1) is 14.0. The average Bonchev–Trinajstić information content (AvgIpc) is 2.74. The first-order valence-electron chi connectivity index (χ1n) is 8.98. The second-order valence-corrected chi connectivity index (χ2v) is 8.46. The standard InChI is InChI=1S/C20H20N4O4S/c1-27-14-2-4-15(5-3-14)28-16-6-8-17(9-7-16)29(25,26)24-11-10-18-19(12-24)22-13-23-20(18)21/h2-9,13H,10-12H2,1H3,(H2,21,22,23). The molecule has 150 valence electrons. The van der Waals surface area contributed by atoms with E-state index in [-0.39, 0.29) is 11.4 Å². The molecule has 9 heteroatoms. The van der Waals surface area contributed by atoms with Crippen molar-refractivity contribution in [2.75, 3.05) is 19.4 Å². The van der Waals surface area contributed by atoms with Gasteiger partial charge in [0.25, 0.3) is 0 Å². The third-order valence-electron chi connectivity index (χ3n) is 4.76. The van der Waals surface area contributed by atoms with Gasteiger partial charge in [0.1, 0.15) is 29.4 Å². The van der Waals surface area contributed by atoms with Gasteiger partial charge in [0.05, 0.1) is 24.2 Å². The minimum Gasteiger partial charge on any atom is -0.497 e. The van der Waals surface area contributed by atoms with Gasteiger partial charge in [0.2, 0.25) is 10.0 Å². The molecule has 0 radical (unpaired) electrons. The molecule has 0 unspecified atom stereocenters. The number of nitrogen functional groups attached to an aromatic ring is 1. The molecule has 0 atom stereocenters. The minimum absolute atomic E-state index is 0.175. The monoisotopic (exact) mass is 412 g/mol. The number of rotatable bonds is 5. The maximum atomic E-state index is 13.0. The van der Waals surface area contributed by atoms with Crippen molar-refractivity contribution in [3.63, 3.8) is 0 Å². The zero-order valence-corrected chi connectivity index (χ0v) is 16.6. The smallest absolute Gasteiger partial charge is 0.243 e. The number of nitrogens with two attached hydrogens (primary N) is 1. The van der Waals surface area contributed by atoms with Gasteiger partial charge in [0, 0.05) is 12.1 Å². The Kier molecular flexibility index (Phi) is 5.08. The summed E-state index contributed by atoms with van der Waals surface area (Å²) in [5.41, 5.74) is 7.33. The largest absolute Gasteiger partial charge is 0.497 e. The SMILES string of the molecule is COc1ccc(Oc2ccc(S(=O)(=O)N3CCc4c(N)ncnc4C3)cc2)cc1. The first-order valence-corrected chi connectivity index (χ1v) is 10.4. The number of aromatic nitrogens is 2. The van der Waals surface area contributed by atoms with Crippen molar-refractivity contribution in [2.45, 2.75) is 17.9 Å². The Morgan fingerprint density at radius 3 is 2.24 bits per heavy atom. The second-order valence-electron chi connectivity index (χ2n) is 6.52. The van der Waals surface area contributed by atoms with E-state index in [0.29, 0.717) is 36.0 Å². The Balaban J connectivity index is 1.50. The van der Waals surface area contributed by atoms with Crippen molar-refractivity contribution < 1.29 is 17.9 Å². The Hall–Kier alpha value is -3.17. The molecular formula is C20H20N4O4S. The van der Waals surface area contributed by atoms with Crippen LogP contribution >= 0.6 is 0 Å². The summed E-state index contributed by atoms with van der Waals surface area (Å²) in [5, 5.41) is 0. The van der Waals surface area contributed by atoms with Crippen LogP contribution in [0.1, 0.15) is 11.3 Å². The normalized spacial score (nSPS) is 14.2. The maximum absolute atomic E-state index is 13.0. The predicted molar refractivity (Wildman–Crippen MR) is 107 cm³/mol. The fraction of sp³-hybridized carbons (Fsp3) is 0.200. The minimum atomic E-state index is -3.66. The van der Waals surface area contributed by atoms with Crippen molar-refractivity contribution in [2.24, 2.45) is 0 Å². The zero-order valence-electron chi connectivity index (χ0n) is 15.8. The van der Waals surface area contributed by atoms with E-state index < -0.39 is 10.0 Å². The van der Waals surface area contributed by atoms with E-state index in [1.165, 1.54) is 22.8 Å². The van der Waals surface area contributed by atoms with Gasteiger partial charge in [-0.05, 0) is 55.0 Å². The highest BCUT2D eigenvalue weighted by Gasteiger charge is 2.30. The highest BCUT2D eigenvalue weighted by molar-refractivity contribution is 7.89. The molecule has 0 bridgehead atoms. The molecule has 29 heavy (non-hydrogen) atoms. The van der Waals surface area contributed by atoms with Crippen molar-refractivity contribution in [3.05, 3.63) is 66.1 Å². The zero-order chi connectivity index (χ0) is 20.4. The lowest BCUT2D eigenvalue weighted by Gasteiger charge is -2.27. The van der Waals surface area contributed by atoms with Gasteiger partial charge in [-0.3, -0.25) is 0 Å². The molecule has 2 aromatic carbocycles. The Bertz CT molecular complexity index is 1120. The van der Waals surface area contributed by atoms with Gasteiger partial charge in [-0.1, -0.05) is 0 Å². The van der Waals surface area contributed by atoms with E-state index in [0.717, 1.165) is 11.3 Å². The molecule has 3 aromatic rings. The summed E-state index contributed by atoms with van der Waals surface area (Å²) in [5.74, 6) is 2.31. The van der Waals surface area contributed by atoms with Gasteiger partial charge < -0.3 is 15.2 Å². The van der Waals surface area contributed by atoms with Crippen LogP contribution in [0.5, 0.6) is 17.2 Å². The quantitative estimate of drug-likeness (QED) is 0.686. The van der Waals surface area contributed by atoms with E-state index in [9.17, 15) is 8.42 Å². The molecule has 1 aromatic heterocycles. The summed E-state index contributed by atoms with van der Waals surface area (Å²) >= 11 is 0. The van der Waals surface area contributed by atoms with Crippen molar-refractivity contribution in [1.82, 2.24) is 14.3 Å². The third kappa shape index (κ3) is 3.87. The molecule has 2 N–H and O–H groups in total. The Morgan fingerprint density at radius 2 is 1.59 bits per heavy atom. The van der Waals surface area contributed by atoms with E-state index in [2.05, 4.69) is 9.97 Å². The molecular weight excluding hydrogens is 392 g/mol. The summed E-state index contributed by atoms with van der Waals surface area (Å²) in [6, 6.07) is 13.5. The second kappa shape index (κ2) is 7.69. The highest BCUT2D eigenvalue weighted by atomic mass is 32.2. The molecule has 1 aliphatic rings. The fourth-order valence-corrected chi connectivity index (χ4v) is 4.57. The molecule has 0 saturated heterocycles. The van der Waals surface area contributed by atoms with Gasteiger partial charge in [0.15, 0.2) is 0 Å². The van der Waals surface area contributed by atoms with Crippen LogP contribution in [-0.2, 0) is 23.0 Å². The number of sulfonamides is 1. The van der Waals surface area contributed by atoms with Crippen LogP contribution < -0.4 is 15.2 Å². The predicted octanol–water partition coefficient (Wildman–Crippen LogP) is 2.61. The van der Waals surface area contributed by atoms with Crippen LogP contribution in [0.2, 0.25) is 0 Å². The lowest BCUT2D eigenvalue weighted by molar-refractivity contribution is 0.385. The molecule has 1 aliphatic heterocycles. The first kappa shape index (κ1) is 19.2. The van der Waals surface area contributed by atoms with Crippen LogP contribution in [0.25, 0.3) is 0 Å². The number of ether oxygens (including phenoxy) is 2. The number of fused-ring (bicyclic) bond motifs is 1. The number of hydrogen-bond acceptors (Lipinski definition) is 7. The van der Waals surface area contributed by atoms with Crippen LogP contribution in [-0.4, -0.2) is 36.3 Å². The third-order valence-corrected chi connectivity index (χ3v) is 6.62. The van der Waals surface area contributed by atoms with E-state index in [1.807, 2.05) is 0 Å². The highest BCUT2D eigenvalue weighted by Crippen LogP contribution is 2.28. The summed E-state index contributed by atoms with van der Waals surface area (Å²) in [4.78, 5) is 8.35. The van der Waals surface area contributed by atoms with Gasteiger partial charge in [-0.2, -0.15) is 4.31 Å². The number of nitrogens with zero attached hydrogens (tertiary/aromatic N) is 3. The molecule has 8 nitrogen and oxygen atoms in total. The van der Waals surface area contributed by atoms with Gasteiger partial charge in [-0.15, -0.1) is 0 Å². The van der Waals surface area contributed by atoms with E-state index >= 15 is 0 Å². The summed E-state index contributed by atoms with van der Waals surface area (Å²) in [6.07, 6.45) is 1.84. The molecule has 4 rings (SSSR count). The fourth-order valence-electron chi connectivity index (χ4n) is 3.17. The number of methoxy groups -OCH3 is 1. The van der Waals surface area contributed by atoms with E-state index in [1.54, 1.807) is 43.5 Å². The van der Waals surface area contributed by atoms with Crippen LogP contribution in [0.15, 0.2) is 59.8 Å². The van der Waals surface area contributed by atoms with Crippen LogP contribution in [0.3, 0.4) is 0 Å². The number of hydrogen-bond donors (Lipinski definition) is 1. The molecule has 0 fully saturated rings.